The normalized spacial score (nSPS) is 13.0. The van der Waals surface area contributed by atoms with E-state index in [9.17, 15) is 0 Å². The average molecular weight is 313 g/mol. The van der Waals surface area contributed by atoms with E-state index in [2.05, 4.69) is 24.5 Å². The molecule has 0 bridgehead atoms. The number of benzene rings is 1. The molecule has 1 aromatic heterocycles. The third kappa shape index (κ3) is 2.55. The van der Waals surface area contributed by atoms with E-state index in [0.717, 1.165) is 11.0 Å². The first-order chi connectivity index (χ1) is 9.96. The van der Waals surface area contributed by atoms with E-state index in [1.54, 1.807) is 0 Å². The molecule has 9 heteroatoms. The van der Waals surface area contributed by atoms with Crippen LogP contribution in [0.3, 0.4) is 0 Å². The molecule has 0 saturated heterocycles. The first-order valence-electron chi connectivity index (χ1n) is 6.50. The van der Waals surface area contributed by atoms with Crippen molar-refractivity contribution in [2.24, 2.45) is 0 Å². The van der Waals surface area contributed by atoms with Crippen LogP contribution in [0.4, 0.5) is 0 Å². The second-order valence-electron chi connectivity index (χ2n) is 5.11. The lowest BCUT2D eigenvalue weighted by molar-refractivity contribution is -0.259. The molecule has 116 valence electrons. The highest BCUT2D eigenvalue weighted by molar-refractivity contribution is 7.67. The summed E-state index contributed by atoms with van der Waals surface area (Å²) in [5.41, 5.74) is 1.78. The summed E-state index contributed by atoms with van der Waals surface area (Å²) in [6, 6.07) is 7.82. The van der Waals surface area contributed by atoms with Crippen molar-refractivity contribution in [3.8, 4) is 0 Å². The first-order valence-corrected chi connectivity index (χ1v) is 8.10. The summed E-state index contributed by atoms with van der Waals surface area (Å²) in [5, 5.41) is 17.5. The molecule has 0 spiro atoms. The van der Waals surface area contributed by atoms with Gasteiger partial charge >= 0.3 is 7.87 Å². The van der Waals surface area contributed by atoms with Gasteiger partial charge in [0.2, 0.25) is 0 Å². The average Bonchev–Trinajstić information content (AvgIpc) is 2.84. The summed E-state index contributed by atoms with van der Waals surface area (Å²) >= 11 is 0. The molecule has 0 saturated carbocycles. The van der Waals surface area contributed by atoms with Gasteiger partial charge in [-0.15, -0.1) is 19.1 Å². The predicted octanol–water partition coefficient (Wildman–Crippen LogP) is 1.46. The third-order valence-electron chi connectivity index (χ3n) is 3.36. The Bertz CT molecular complexity index is 594. The van der Waals surface area contributed by atoms with E-state index in [4.69, 9.17) is 5.26 Å². The molecule has 2 rings (SSSR count). The van der Waals surface area contributed by atoms with Crippen LogP contribution < -0.4 is 0 Å². The van der Waals surface area contributed by atoms with Crippen molar-refractivity contribution >= 4 is 18.9 Å². The molecule has 0 radical (unpaired) electrons. The molecule has 0 aliphatic carbocycles. The van der Waals surface area contributed by atoms with Crippen molar-refractivity contribution in [2.45, 2.75) is 0 Å². The Labute approximate surface area is 125 Å². The highest BCUT2D eigenvalue weighted by atomic mass is 31.2. The largest absolute Gasteiger partial charge is 0.356 e. The Morgan fingerprint density at radius 3 is 2.33 bits per heavy atom. The van der Waals surface area contributed by atoms with Crippen LogP contribution in [0.15, 0.2) is 24.3 Å². The van der Waals surface area contributed by atoms with Crippen LogP contribution >= 0.6 is 7.87 Å². The first kappa shape index (κ1) is 16.2. The Morgan fingerprint density at radius 2 is 1.76 bits per heavy atom. The molecule has 1 aromatic carbocycles. The molecule has 2 aromatic rings. The highest BCUT2D eigenvalue weighted by Crippen LogP contribution is 2.65. The molecule has 8 nitrogen and oxygen atoms in total. The maximum atomic E-state index is 8.87. The van der Waals surface area contributed by atoms with Crippen LogP contribution in [-0.4, -0.2) is 76.0 Å². The van der Waals surface area contributed by atoms with Crippen molar-refractivity contribution < 1.29 is 10.1 Å². The lowest BCUT2D eigenvalue weighted by Gasteiger charge is -2.38. The number of hydrogen-bond acceptors (Lipinski definition) is 7. The Kier molecular flexibility index (Phi) is 4.88. The van der Waals surface area contributed by atoms with Gasteiger partial charge in [0, 0.05) is 35.2 Å². The Hall–Kier alpha value is -1.15. The number of aromatic nitrogens is 3. The molecule has 1 heterocycles. The molecular weight excluding hydrogens is 291 g/mol. The van der Waals surface area contributed by atoms with Gasteiger partial charge in [-0.05, 0) is 17.3 Å². The quantitative estimate of drug-likeness (QED) is 0.375. The maximum Gasteiger partial charge on any atom is 0.356 e. The van der Waals surface area contributed by atoms with E-state index < -0.39 is 7.87 Å². The number of rotatable bonds is 6. The zero-order valence-corrected chi connectivity index (χ0v) is 13.9. The van der Waals surface area contributed by atoms with Crippen molar-refractivity contribution in [2.75, 3.05) is 42.0 Å². The summed E-state index contributed by atoms with van der Waals surface area (Å²) in [6.07, 6.45) is 0. The summed E-state index contributed by atoms with van der Waals surface area (Å²) in [6.45, 7) is 0.0678. The lowest BCUT2D eigenvalue weighted by Crippen LogP contribution is -2.42. The van der Waals surface area contributed by atoms with Gasteiger partial charge in [0.05, 0.1) is 0 Å². The van der Waals surface area contributed by atoms with Gasteiger partial charge in [0.15, 0.2) is 6.73 Å². The molecule has 21 heavy (non-hydrogen) atoms. The standard InChI is InChI=1S/C12H21N6O2P/c1-15(2)21(16(3)4,17(5)10-20-19)18-12-9-7-6-8-11(12)13-14-18/h6-9H,10H2,1-5H3/p+1. The topological polar surface area (TPSA) is 69.9 Å². The monoisotopic (exact) mass is 313 g/mol. The van der Waals surface area contributed by atoms with Crippen LogP contribution in [0.1, 0.15) is 0 Å². The van der Waals surface area contributed by atoms with Crippen molar-refractivity contribution in [1.29, 1.82) is 0 Å². The second-order valence-corrected chi connectivity index (χ2v) is 8.85. The molecule has 0 aliphatic heterocycles. The van der Waals surface area contributed by atoms with E-state index in [-0.39, 0.29) is 6.73 Å². The van der Waals surface area contributed by atoms with Crippen LogP contribution in [0.2, 0.25) is 0 Å². The molecule has 0 fully saturated rings. The Morgan fingerprint density at radius 1 is 1.14 bits per heavy atom. The van der Waals surface area contributed by atoms with Crippen LogP contribution in [0.5, 0.6) is 0 Å². The number of fused-ring (bicyclic) bond motifs is 1. The van der Waals surface area contributed by atoms with Gasteiger partial charge in [-0.2, -0.15) is 0 Å². The fourth-order valence-corrected chi connectivity index (χ4v) is 6.38. The maximum absolute atomic E-state index is 8.87. The summed E-state index contributed by atoms with van der Waals surface area (Å²) in [4.78, 5) is 4.36. The van der Waals surface area contributed by atoms with Crippen LogP contribution in [0.25, 0.3) is 11.0 Å². The summed E-state index contributed by atoms with van der Waals surface area (Å²) in [7, 11) is 7.59. The number of para-hydroxylation sites is 1. The fraction of sp³-hybridized carbons (Fsp3) is 0.500. The molecule has 0 amide bonds. The van der Waals surface area contributed by atoms with Gasteiger partial charge in [0.1, 0.15) is 11.0 Å². The minimum Gasteiger partial charge on any atom is -0.250 e. The van der Waals surface area contributed by atoms with E-state index in [1.807, 2.05) is 68.6 Å². The highest BCUT2D eigenvalue weighted by Gasteiger charge is 2.54. The van der Waals surface area contributed by atoms with Crippen molar-refractivity contribution in [3.05, 3.63) is 24.3 Å². The molecule has 1 N–H and O–H groups in total. The van der Waals surface area contributed by atoms with Crippen LogP contribution in [-0.2, 0) is 4.89 Å². The van der Waals surface area contributed by atoms with E-state index in [1.165, 1.54) is 0 Å². The zero-order chi connectivity index (χ0) is 15.6. The minimum absolute atomic E-state index is 0.0678. The van der Waals surface area contributed by atoms with Crippen LogP contribution in [0, 0.1) is 0 Å². The summed E-state index contributed by atoms with van der Waals surface area (Å²) < 4.78 is 8.04. The van der Waals surface area contributed by atoms with Gasteiger partial charge in [-0.1, -0.05) is 16.6 Å². The lowest BCUT2D eigenvalue weighted by atomic mass is 10.3. The fourth-order valence-electron chi connectivity index (χ4n) is 2.67. The summed E-state index contributed by atoms with van der Waals surface area (Å²) in [5.74, 6) is 0. The van der Waals surface area contributed by atoms with Gasteiger partial charge in [-0.25, -0.2) is 4.89 Å². The smallest absolute Gasteiger partial charge is 0.250 e. The van der Waals surface area contributed by atoms with E-state index >= 15 is 0 Å². The van der Waals surface area contributed by atoms with Crippen molar-refractivity contribution in [1.82, 2.24) is 28.8 Å². The Balaban J connectivity index is 2.69. The van der Waals surface area contributed by atoms with Gasteiger partial charge in [-0.3, -0.25) is 5.26 Å². The predicted molar refractivity (Wildman–Crippen MR) is 83.6 cm³/mol. The number of nitrogens with zero attached hydrogens (tertiary/aromatic N) is 6. The molecule has 0 unspecified atom stereocenters. The second kappa shape index (κ2) is 6.31. The number of hydrogen-bond donors (Lipinski definition) is 1. The molecular formula is C12H22N6O2P+. The third-order valence-corrected chi connectivity index (χ3v) is 7.35. The minimum atomic E-state index is -2.24. The molecule has 0 atom stereocenters. The zero-order valence-electron chi connectivity index (χ0n) is 13.0. The van der Waals surface area contributed by atoms with Gasteiger partial charge in [0.25, 0.3) is 0 Å². The van der Waals surface area contributed by atoms with E-state index in [0.29, 0.717) is 0 Å². The van der Waals surface area contributed by atoms with Gasteiger partial charge < -0.3 is 0 Å². The van der Waals surface area contributed by atoms with Crippen molar-refractivity contribution in [3.63, 3.8) is 0 Å². The molecule has 0 aliphatic rings. The SMILES string of the molecule is CN(C)[P+](N(C)C)(N(C)COO)n1nnc2ccccc21.